The fourth-order valence-electron chi connectivity index (χ4n) is 3.12. The van der Waals surface area contributed by atoms with Gasteiger partial charge < -0.3 is 14.6 Å². The van der Waals surface area contributed by atoms with Crippen LogP contribution in [0.25, 0.3) is 10.9 Å². The molecule has 1 saturated heterocycles. The fourth-order valence-corrected chi connectivity index (χ4v) is 4.02. The van der Waals surface area contributed by atoms with E-state index in [1.165, 1.54) is 11.8 Å². The first-order valence-corrected chi connectivity index (χ1v) is 10.00. The van der Waals surface area contributed by atoms with Gasteiger partial charge in [-0.05, 0) is 13.0 Å². The van der Waals surface area contributed by atoms with Crippen LogP contribution in [0.5, 0.6) is 0 Å². The Morgan fingerprint density at radius 2 is 2.04 bits per heavy atom. The lowest BCUT2D eigenvalue weighted by atomic mass is 10.2. The third kappa shape index (κ3) is 4.66. The Morgan fingerprint density at radius 3 is 2.81 bits per heavy atom. The van der Waals surface area contributed by atoms with Crippen LogP contribution in [0.15, 0.2) is 40.0 Å². The van der Waals surface area contributed by atoms with E-state index in [2.05, 4.69) is 10.2 Å². The maximum atomic E-state index is 12.3. The average Bonchev–Trinajstić information content (AvgIpc) is 2.67. The van der Waals surface area contributed by atoms with E-state index < -0.39 is 0 Å². The molecule has 1 fully saturated rings. The molecule has 1 aromatic heterocycles. The quantitative estimate of drug-likeness (QED) is 0.744. The van der Waals surface area contributed by atoms with E-state index in [1.807, 2.05) is 31.2 Å². The molecular formula is C19H25N3O3S. The molecule has 2 heterocycles. The lowest BCUT2D eigenvalue weighted by Gasteiger charge is -2.26. The SMILES string of the molecule is CCn1c(=O)cc(SCC(=O)NCCN2CCOCC2)c2ccccc21. The Bertz CT molecular complexity index is 815. The van der Waals surface area contributed by atoms with E-state index in [1.54, 1.807) is 10.6 Å². The van der Waals surface area contributed by atoms with E-state index in [-0.39, 0.29) is 11.5 Å². The van der Waals surface area contributed by atoms with Gasteiger partial charge in [-0.2, -0.15) is 0 Å². The first-order chi connectivity index (χ1) is 12.7. The highest BCUT2D eigenvalue weighted by atomic mass is 32.2. The number of para-hydroxylation sites is 1. The third-order valence-corrected chi connectivity index (χ3v) is 5.57. The van der Waals surface area contributed by atoms with Gasteiger partial charge in [0.2, 0.25) is 5.91 Å². The van der Waals surface area contributed by atoms with Gasteiger partial charge in [0, 0.05) is 49.1 Å². The molecule has 3 rings (SSSR count). The number of pyridine rings is 1. The predicted octanol–water partition coefficient (Wildman–Crippen LogP) is 1.56. The highest BCUT2D eigenvalue weighted by Crippen LogP contribution is 2.26. The smallest absolute Gasteiger partial charge is 0.252 e. The van der Waals surface area contributed by atoms with Crippen molar-refractivity contribution in [1.29, 1.82) is 0 Å². The second kappa shape index (κ2) is 9.21. The first kappa shape index (κ1) is 18.9. The summed E-state index contributed by atoms with van der Waals surface area (Å²) >= 11 is 1.42. The first-order valence-electron chi connectivity index (χ1n) is 9.01. The number of morpholine rings is 1. The van der Waals surface area contributed by atoms with Crippen molar-refractivity contribution < 1.29 is 9.53 Å². The highest BCUT2D eigenvalue weighted by Gasteiger charge is 2.12. The zero-order valence-electron chi connectivity index (χ0n) is 15.1. The summed E-state index contributed by atoms with van der Waals surface area (Å²) in [6.07, 6.45) is 0. The number of carbonyl (C=O) groups is 1. The van der Waals surface area contributed by atoms with Gasteiger partial charge >= 0.3 is 0 Å². The molecule has 0 atom stereocenters. The molecule has 0 spiro atoms. The Balaban J connectivity index is 1.57. The van der Waals surface area contributed by atoms with Crippen molar-refractivity contribution in [3.63, 3.8) is 0 Å². The Hall–Kier alpha value is -1.83. The van der Waals surface area contributed by atoms with Crippen LogP contribution in [-0.4, -0.2) is 60.5 Å². The van der Waals surface area contributed by atoms with Crippen molar-refractivity contribution in [3.8, 4) is 0 Å². The molecule has 0 unspecified atom stereocenters. The number of aryl methyl sites for hydroxylation is 1. The topological polar surface area (TPSA) is 63.6 Å². The number of rotatable bonds is 7. The normalized spacial score (nSPS) is 15.3. The molecule has 0 aliphatic carbocycles. The number of nitrogens with zero attached hydrogens (tertiary/aromatic N) is 2. The molecule has 0 saturated carbocycles. The minimum absolute atomic E-state index is 0.00740. The summed E-state index contributed by atoms with van der Waals surface area (Å²) in [6.45, 7) is 7.44. The largest absolute Gasteiger partial charge is 0.379 e. The second-order valence-electron chi connectivity index (χ2n) is 6.20. The molecule has 1 amide bonds. The van der Waals surface area contributed by atoms with Crippen LogP contribution < -0.4 is 10.9 Å². The number of thioether (sulfide) groups is 1. The van der Waals surface area contributed by atoms with Gasteiger partial charge in [-0.1, -0.05) is 18.2 Å². The van der Waals surface area contributed by atoms with E-state index in [4.69, 9.17) is 4.74 Å². The van der Waals surface area contributed by atoms with Crippen molar-refractivity contribution in [1.82, 2.24) is 14.8 Å². The monoisotopic (exact) mass is 375 g/mol. The molecule has 26 heavy (non-hydrogen) atoms. The minimum Gasteiger partial charge on any atom is -0.379 e. The number of nitrogens with one attached hydrogen (secondary N) is 1. The zero-order valence-corrected chi connectivity index (χ0v) is 15.9. The van der Waals surface area contributed by atoms with Crippen LogP contribution >= 0.6 is 11.8 Å². The number of fused-ring (bicyclic) bond motifs is 1. The number of benzene rings is 1. The van der Waals surface area contributed by atoms with Crippen LogP contribution in [0, 0.1) is 0 Å². The molecular weight excluding hydrogens is 350 g/mol. The van der Waals surface area contributed by atoms with Gasteiger partial charge in [0.05, 0.1) is 24.5 Å². The molecule has 2 aromatic rings. The van der Waals surface area contributed by atoms with Gasteiger partial charge in [-0.3, -0.25) is 14.5 Å². The lowest BCUT2D eigenvalue weighted by Crippen LogP contribution is -2.41. The summed E-state index contributed by atoms with van der Waals surface area (Å²) in [7, 11) is 0. The zero-order chi connectivity index (χ0) is 18.4. The molecule has 7 heteroatoms. The number of amides is 1. The Kier molecular flexibility index (Phi) is 6.71. The molecule has 1 aromatic carbocycles. The standard InChI is InChI=1S/C19H25N3O3S/c1-2-22-16-6-4-3-5-15(16)17(13-19(22)24)26-14-18(23)20-7-8-21-9-11-25-12-10-21/h3-6,13H,2,7-12,14H2,1H3,(H,20,23). The summed E-state index contributed by atoms with van der Waals surface area (Å²) in [5.74, 6) is 0.301. The number of ether oxygens (including phenoxy) is 1. The fraction of sp³-hybridized carbons (Fsp3) is 0.474. The van der Waals surface area contributed by atoms with Crippen molar-refractivity contribution in [3.05, 3.63) is 40.7 Å². The summed E-state index contributed by atoms with van der Waals surface area (Å²) in [6, 6.07) is 9.48. The van der Waals surface area contributed by atoms with E-state index in [0.29, 0.717) is 18.8 Å². The van der Waals surface area contributed by atoms with Gasteiger partial charge in [0.1, 0.15) is 0 Å². The predicted molar refractivity (Wildman–Crippen MR) is 105 cm³/mol. The second-order valence-corrected chi connectivity index (χ2v) is 7.22. The van der Waals surface area contributed by atoms with E-state index >= 15 is 0 Å². The van der Waals surface area contributed by atoms with Crippen LogP contribution in [0.4, 0.5) is 0 Å². The molecule has 140 valence electrons. The molecule has 0 bridgehead atoms. The molecule has 6 nitrogen and oxygen atoms in total. The maximum Gasteiger partial charge on any atom is 0.252 e. The van der Waals surface area contributed by atoms with Crippen LogP contribution in [0.1, 0.15) is 6.92 Å². The van der Waals surface area contributed by atoms with Crippen LogP contribution in [-0.2, 0) is 16.1 Å². The number of hydrogen-bond donors (Lipinski definition) is 1. The summed E-state index contributed by atoms with van der Waals surface area (Å²) in [5, 5.41) is 3.97. The number of carbonyl (C=O) groups excluding carboxylic acids is 1. The molecule has 1 N–H and O–H groups in total. The lowest BCUT2D eigenvalue weighted by molar-refractivity contribution is -0.118. The summed E-state index contributed by atoms with van der Waals surface area (Å²) < 4.78 is 7.07. The van der Waals surface area contributed by atoms with Gasteiger partial charge in [0.25, 0.3) is 5.56 Å². The molecule has 1 aliphatic heterocycles. The summed E-state index contributed by atoms with van der Waals surface area (Å²) in [4.78, 5) is 27.6. The van der Waals surface area contributed by atoms with Gasteiger partial charge in [-0.15, -0.1) is 11.8 Å². The van der Waals surface area contributed by atoms with E-state index in [9.17, 15) is 9.59 Å². The average molecular weight is 375 g/mol. The van der Waals surface area contributed by atoms with Crippen LogP contribution in [0.2, 0.25) is 0 Å². The minimum atomic E-state index is -0.0265. The highest BCUT2D eigenvalue weighted by molar-refractivity contribution is 8.00. The van der Waals surface area contributed by atoms with Crippen LogP contribution in [0.3, 0.4) is 0 Å². The van der Waals surface area contributed by atoms with Gasteiger partial charge in [0.15, 0.2) is 0 Å². The Labute approximate surface area is 157 Å². The molecule has 1 aliphatic rings. The maximum absolute atomic E-state index is 12.3. The Morgan fingerprint density at radius 1 is 1.27 bits per heavy atom. The van der Waals surface area contributed by atoms with Crippen molar-refractivity contribution in [2.75, 3.05) is 45.1 Å². The number of hydrogen-bond acceptors (Lipinski definition) is 5. The van der Waals surface area contributed by atoms with E-state index in [0.717, 1.165) is 48.6 Å². The molecule has 0 radical (unpaired) electrons. The third-order valence-electron chi connectivity index (χ3n) is 4.51. The number of aromatic nitrogens is 1. The van der Waals surface area contributed by atoms with Crippen molar-refractivity contribution in [2.24, 2.45) is 0 Å². The van der Waals surface area contributed by atoms with Crippen molar-refractivity contribution >= 4 is 28.6 Å². The van der Waals surface area contributed by atoms with Crippen molar-refractivity contribution in [2.45, 2.75) is 18.4 Å². The van der Waals surface area contributed by atoms with Gasteiger partial charge in [-0.25, -0.2) is 0 Å². The summed E-state index contributed by atoms with van der Waals surface area (Å²) in [5.41, 5.74) is 0.888.